The maximum Gasteiger partial charge on any atom is 0.471 e. The Bertz CT molecular complexity index is 1110. The summed E-state index contributed by atoms with van der Waals surface area (Å²) in [5.41, 5.74) is 1.01. The topological polar surface area (TPSA) is 102 Å². The Morgan fingerprint density at radius 3 is 2.18 bits per heavy atom. The number of sulfonamides is 1. The standard InChI is InChI=1S/C17H12F3N3O4S/c1-10-2-8-13(9-3-10)28(25,26)23-15(24)12-6-4-11(5-7-12)14-21-16(27-22-14)17(18,19)20/h2-9H,1H3,(H,23,24). The highest BCUT2D eigenvalue weighted by Crippen LogP contribution is 2.29. The van der Waals surface area contributed by atoms with Crippen molar-refractivity contribution in [2.24, 2.45) is 0 Å². The third-order valence-electron chi connectivity index (χ3n) is 3.63. The Hall–Kier alpha value is -3.21. The molecule has 0 unspecified atom stereocenters. The molecule has 0 saturated heterocycles. The molecule has 3 rings (SSSR count). The largest absolute Gasteiger partial charge is 0.471 e. The first-order valence-electron chi connectivity index (χ1n) is 7.71. The third kappa shape index (κ3) is 4.19. The first-order valence-corrected chi connectivity index (χ1v) is 9.20. The second-order valence-electron chi connectivity index (χ2n) is 5.75. The van der Waals surface area contributed by atoms with Gasteiger partial charge in [-0.05, 0) is 31.2 Å². The number of aryl methyl sites for hydroxylation is 1. The monoisotopic (exact) mass is 411 g/mol. The summed E-state index contributed by atoms with van der Waals surface area (Å²) in [6, 6.07) is 10.9. The van der Waals surface area contributed by atoms with E-state index in [1.54, 1.807) is 19.1 Å². The van der Waals surface area contributed by atoms with Gasteiger partial charge in [-0.1, -0.05) is 35.0 Å². The summed E-state index contributed by atoms with van der Waals surface area (Å²) in [4.78, 5) is 15.4. The van der Waals surface area contributed by atoms with Gasteiger partial charge in [0.15, 0.2) is 0 Å². The summed E-state index contributed by atoms with van der Waals surface area (Å²) in [6.45, 7) is 1.79. The minimum Gasteiger partial charge on any atom is -0.329 e. The van der Waals surface area contributed by atoms with E-state index in [-0.39, 0.29) is 21.8 Å². The molecule has 3 aromatic rings. The number of nitrogens with zero attached hydrogens (tertiary/aromatic N) is 2. The number of nitrogens with one attached hydrogen (secondary N) is 1. The van der Waals surface area contributed by atoms with Gasteiger partial charge in [0.1, 0.15) is 0 Å². The number of carbonyl (C=O) groups excluding carboxylic acids is 1. The normalized spacial score (nSPS) is 12.0. The fourth-order valence-corrected chi connectivity index (χ4v) is 3.16. The number of aromatic nitrogens is 2. The number of halogens is 3. The molecule has 0 fully saturated rings. The maximum absolute atomic E-state index is 12.5. The van der Waals surface area contributed by atoms with Crippen LogP contribution in [0.15, 0.2) is 57.9 Å². The van der Waals surface area contributed by atoms with Crippen LogP contribution in [0.25, 0.3) is 11.4 Å². The minimum absolute atomic E-state index is 0.0148. The van der Waals surface area contributed by atoms with E-state index in [4.69, 9.17) is 0 Å². The molecule has 1 amide bonds. The molecule has 1 aromatic heterocycles. The molecule has 0 bridgehead atoms. The van der Waals surface area contributed by atoms with Gasteiger partial charge in [0.05, 0.1) is 4.90 Å². The molecule has 0 aliphatic heterocycles. The molecule has 11 heteroatoms. The summed E-state index contributed by atoms with van der Waals surface area (Å²) in [6.07, 6.45) is -4.77. The van der Waals surface area contributed by atoms with Crippen LogP contribution in [0, 0.1) is 6.92 Å². The van der Waals surface area contributed by atoms with Gasteiger partial charge < -0.3 is 4.52 Å². The molecule has 0 aliphatic carbocycles. The van der Waals surface area contributed by atoms with E-state index in [1.165, 1.54) is 36.4 Å². The van der Waals surface area contributed by atoms with Crippen LogP contribution in [-0.4, -0.2) is 24.5 Å². The van der Waals surface area contributed by atoms with Crippen LogP contribution in [0.1, 0.15) is 21.8 Å². The highest BCUT2D eigenvalue weighted by molar-refractivity contribution is 7.90. The molecule has 0 saturated carbocycles. The quantitative estimate of drug-likeness (QED) is 0.708. The molecule has 146 valence electrons. The van der Waals surface area contributed by atoms with E-state index in [9.17, 15) is 26.4 Å². The van der Waals surface area contributed by atoms with Gasteiger partial charge in [0.2, 0.25) is 5.82 Å². The second kappa shape index (κ2) is 7.08. The number of carbonyl (C=O) groups is 1. The molecular formula is C17H12F3N3O4S. The van der Waals surface area contributed by atoms with Crippen molar-refractivity contribution in [1.82, 2.24) is 14.9 Å². The van der Waals surface area contributed by atoms with E-state index in [0.717, 1.165) is 5.56 Å². The fourth-order valence-electron chi connectivity index (χ4n) is 2.18. The van der Waals surface area contributed by atoms with Crippen molar-refractivity contribution in [3.05, 3.63) is 65.5 Å². The minimum atomic E-state index is -4.77. The highest BCUT2D eigenvalue weighted by Gasteiger charge is 2.38. The van der Waals surface area contributed by atoms with Crippen molar-refractivity contribution in [3.63, 3.8) is 0 Å². The number of rotatable bonds is 4. The van der Waals surface area contributed by atoms with Crippen LogP contribution in [0.2, 0.25) is 0 Å². The van der Waals surface area contributed by atoms with E-state index < -0.39 is 28.0 Å². The molecule has 28 heavy (non-hydrogen) atoms. The molecule has 7 nitrogen and oxygen atoms in total. The zero-order valence-corrected chi connectivity index (χ0v) is 15.0. The lowest BCUT2D eigenvalue weighted by Gasteiger charge is -2.07. The number of alkyl halides is 3. The van der Waals surface area contributed by atoms with Crippen LogP contribution < -0.4 is 4.72 Å². The van der Waals surface area contributed by atoms with Crippen molar-refractivity contribution >= 4 is 15.9 Å². The van der Waals surface area contributed by atoms with Gasteiger partial charge in [0.25, 0.3) is 15.9 Å². The summed E-state index contributed by atoms with van der Waals surface area (Å²) in [5, 5.41) is 3.23. The van der Waals surface area contributed by atoms with Gasteiger partial charge >= 0.3 is 12.1 Å². The van der Waals surface area contributed by atoms with Crippen LogP contribution in [0.5, 0.6) is 0 Å². The lowest BCUT2D eigenvalue weighted by atomic mass is 10.1. The zero-order chi connectivity index (χ0) is 20.5. The second-order valence-corrected chi connectivity index (χ2v) is 7.43. The number of hydrogen-bond acceptors (Lipinski definition) is 6. The van der Waals surface area contributed by atoms with Crippen LogP contribution in [0.4, 0.5) is 13.2 Å². The smallest absolute Gasteiger partial charge is 0.329 e. The number of benzene rings is 2. The van der Waals surface area contributed by atoms with E-state index in [0.29, 0.717) is 0 Å². The Balaban J connectivity index is 1.77. The van der Waals surface area contributed by atoms with Crippen LogP contribution >= 0.6 is 0 Å². The van der Waals surface area contributed by atoms with Crippen LogP contribution in [0.3, 0.4) is 0 Å². The van der Waals surface area contributed by atoms with Crippen LogP contribution in [-0.2, 0) is 16.2 Å². The number of hydrogen-bond donors (Lipinski definition) is 1. The van der Waals surface area contributed by atoms with Gasteiger partial charge in [-0.25, -0.2) is 13.1 Å². The summed E-state index contributed by atoms with van der Waals surface area (Å²) in [7, 11) is -4.06. The molecule has 0 aliphatic rings. The maximum atomic E-state index is 12.5. The molecular weight excluding hydrogens is 399 g/mol. The summed E-state index contributed by atoms with van der Waals surface area (Å²) >= 11 is 0. The van der Waals surface area contributed by atoms with E-state index in [1.807, 2.05) is 4.72 Å². The summed E-state index contributed by atoms with van der Waals surface area (Å²) in [5.74, 6) is -2.70. The predicted octanol–water partition coefficient (Wildman–Crippen LogP) is 3.18. The summed E-state index contributed by atoms with van der Waals surface area (Å²) < 4.78 is 68.1. The van der Waals surface area contributed by atoms with Gasteiger partial charge in [-0.2, -0.15) is 18.2 Å². The zero-order valence-electron chi connectivity index (χ0n) is 14.2. The van der Waals surface area contributed by atoms with Gasteiger partial charge in [0, 0.05) is 11.1 Å². The molecule has 0 radical (unpaired) electrons. The van der Waals surface area contributed by atoms with Gasteiger partial charge in [-0.15, -0.1) is 0 Å². The first-order chi connectivity index (χ1) is 13.1. The van der Waals surface area contributed by atoms with E-state index in [2.05, 4.69) is 14.7 Å². The lowest BCUT2D eigenvalue weighted by Crippen LogP contribution is -2.30. The lowest BCUT2D eigenvalue weighted by molar-refractivity contribution is -0.159. The number of amides is 1. The first kappa shape index (κ1) is 19.5. The molecule has 1 heterocycles. The third-order valence-corrected chi connectivity index (χ3v) is 4.98. The van der Waals surface area contributed by atoms with E-state index >= 15 is 0 Å². The Labute approximate surface area is 157 Å². The fraction of sp³-hybridized carbons (Fsp3) is 0.118. The Morgan fingerprint density at radius 2 is 1.64 bits per heavy atom. The van der Waals surface area contributed by atoms with Crippen molar-refractivity contribution in [1.29, 1.82) is 0 Å². The molecule has 2 aromatic carbocycles. The van der Waals surface area contributed by atoms with Gasteiger partial charge in [-0.3, -0.25) is 4.79 Å². The Kier molecular flexibility index (Phi) is 4.94. The molecule has 1 N–H and O–H groups in total. The SMILES string of the molecule is Cc1ccc(S(=O)(=O)NC(=O)c2ccc(-c3noc(C(F)(F)F)n3)cc2)cc1. The molecule has 0 atom stereocenters. The average molecular weight is 411 g/mol. The Morgan fingerprint density at radius 1 is 1.04 bits per heavy atom. The van der Waals surface area contributed by atoms with Crippen molar-refractivity contribution < 1.29 is 30.9 Å². The predicted molar refractivity (Wildman–Crippen MR) is 90.6 cm³/mol. The average Bonchev–Trinajstić information content (AvgIpc) is 3.12. The highest BCUT2D eigenvalue weighted by atomic mass is 32.2. The van der Waals surface area contributed by atoms with Crippen molar-refractivity contribution in [2.75, 3.05) is 0 Å². The van der Waals surface area contributed by atoms with Crippen molar-refractivity contribution in [3.8, 4) is 11.4 Å². The van der Waals surface area contributed by atoms with Crippen molar-refractivity contribution in [2.45, 2.75) is 18.0 Å². The molecule has 0 spiro atoms.